The number of hydrogen-bond donors (Lipinski definition) is 2. The maximum absolute atomic E-state index is 12.4. The molecule has 1 rings (SSSR count). The van der Waals surface area contributed by atoms with Crippen LogP contribution in [0.15, 0.2) is 9.31 Å². The molecule has 0 radical (unpaired) electrons. The quantitative estimate of drug-likeness (QED) is 0.783. The second-order valence-electron chi connectivity index (χ2n) is 5.20. The van der Waals surface area contributed by atoms with Gasteiger partial charge in [0.1, 0.15) is 16.4 Å². The molecule has 20 heavy (non-hydrogen) atoms. The van der Waals surface area contributed by atoms with Gasteiger partial charge in [0.15, 0.2) is 0 Å². The SMILES string of the molecule is Cc1oc(C)c(S(=O)(=O)NCCN(C)C(C)C)c1CN. The van der Waals surface area contributed by atoms with Crippen LogP contribution >= 0.6 is 0 Å². The maximum atomic E-state index is 12.4. The molecule has 1 aromatic heterocycles. The molecule has 0 aromatic carbocycles. The zero-order valence-electron chi connectivity index (χ0n) is 12.9. The van der Waals surface area contributed by atoms with Gasteiger partial charge in [0.2, 0.25) is 10.0 Å². The van der Waals surface area contributed by atoms with Crippen LogP contribution in [-0.4, -0.2) is 39.5 Å². The Morgan fingerprint density at radius 3 is 2.40 bits per heavy atom. The third-order valence-electron chi connectivity index (χ3n) is 3.44. The molecule has 0 spiro atoms. The van der Waals surface area contributed by atoms with Crippen LogP contribution in [0.3, 0.4) is 0 Å². The molecular formula is C13H25N3O3S. The summed E-state index contributed by atoms with van der Waals surface area (Å²) in [4.78, 5) is 2.25. The van der Waals surface area contributed by atoms with Crippen molar-refractivity contribution in [2.45, 2.75) is 45.2 Å². The number of nitrogens with zero attached hydrogens (tertiary/aromatic N) is 1. The first kappa shape index (κ1) is 17.2. The van der Waals surface area contributed by atoms with Crippen molar-refractivity contribution in [3.8, 4) is 0 Å². The topological polar surface area (TPSA) is 88.6 Å². The highest BCUT2D eigenvalue weighted by Crippen LogP contribution is 2.25. The molecule has 1 heterocycles. The molecule has 0 unspecified atom stereocenters. The van der Waals surface area contributed by atoms with E-state index in [1.807, 2.05) is 7.05 Å². The van der Waals surface area contributed by atoms with Crippen LogP contribution in [-0.2, 0) is 16.6 Å². The van der Waals surface area contributed by atoms with E-state index in [-0.39, 0.29) is 11.4 Å². The predicted octanol–water partition coefficient (Wildman–Crippen LogP) is 0.974. The van der Waals surface area contributed by atoms with Gasteiger partial charge in [0.05, 0.1) is 0 Å². The van der Waals surface area contributed by atoms with Gasteiger partial charge in [-0.3, -0.25) is 0 Å². The first-order chi connectivity index (χ1) is 9.20. The Kier molecular flexibility index (Phi) is 5.76. The van der Waals surface area contributed by atoms with Gasteiger partial charge in [0, 0.05) is 31.2 Å². The maximum Gasteiger partial charge on any atom is 0.244 e. The van der Waals surface area contributed by atoms with E-state index in [1.54, 1.807) is 13.8 Å². The van der Waals surface area contributed by atoms with Crippen molar-refractivity contribution < 1.29 is 12.8 Å². The second kappa shape index (κ2) is 6.71. The summed E-state index contributed by atoms with van der Waals surface area (Å²) in [5, 5.41) is 0. The first-order valence-electron chi connectivity index (χ1n) is 6.69. The summed E-state index contributed by atoms with van der Waals surface area (Å²) in [6.07, 6.45) is 0. The van der Waals surface area contributed by atoms with E-state index in [1.165, 1.54) is 0 Å². The van der Waals surface area contributed by atoms with E-state index >= 15 is 0 Å². The van der Waals surface area contributed by atoms with E-state index in [9.17, 15) is 8.42 Å². The Bertz CT molecular complexity index is 549. The summed E-state index contributed by atoms with van der Waals surface area (Å²) in [5.41, 5.74) is 6.17. The van der Waals surface area contributed by atoms with Crippen molar-refractivity contribution in [3.63, 3.8) is 0 Å². The minimum absolute atomic E-state index is 0.144. The normalized spacial score (nSPS) is 12.6. The number of rotatable bonds is 7. The number of nitrogens with one attached hydrogen (secondary N) is 1. The van der Waals surface area contributed by atoms with Gasteiger partial charge in [-0.2, -0.15) is 0 Å². The fourth-order valence-electron chi connectivity index (χ4n) is 1.98. The highest BCUT2D eigenvalue weighted by Gasteiger charge is 2.25. The lowest BCUT2D eigenvalue weighted by molar-refractivity contribution is 0.278. The Labute approximate surface area is 121 Å². The summed E-state index contributed by atoms with van der Waals surface area (Å²) >= 11 is 0. The fraction of sp³-hybridized carbons (Fsp3) is 0.692. The Balaban J connectivity index is 2.85. The number of hydrogen-bond acceptors (Lipinski definition) is 5. The van der Waals surface area contributed by atoms with Crippen molar-refractivity contribution in [1.29, 1.82) is 0 Å². The van der Waals surface area contributed by atoms with Gasteiger partial charge in [-0.05, 0) is 34.7 Å². The summed E-state index contributed by atoms with van der Waals surface area (Å²) in [6, 6.07) is 0.372. The predicted molar refractivity (Wildman–Crippen MR) is 79.0 cm³/mol. The Morgan fingerprint density at radius 2 is 1.90 bits per heavy atom. The van der Waals surface area contributed by atoms with E-state index in [0.717, 1.165) is 0 Å². The summed E-state index contributed by atoms with van der Waals surface area (Å²) < 4.78 is 32.7. The lowest BCUT2D eigenvalue weighted by Gasteiger charge is -2.20. The van der Waals surface area contributed by atoms with Gasteiger partial charge in [-0.15, -0.1) is 0 Å². The largest absolute Gasteiger partial charge is 0.465 e. The van der Waals surface area contributed by atoms with Crippen LogP contribution in [0.25, 0.3) is 0 Å². The highest BCUT2D eigenvalue weighted by atomic mass is 32.2. The average Bonchev–Trinajstić information content (AvgIpc) is 2.63. The number of sulfonamides is 1. The zero-order valence-corrected chi connectivity index (χ0v) is 13.7. The molecule has 0 atom stereocenters. The Hall–Kier alpha value is -0.890. The van der Waals surface area contributed by atoms with Crippen molar-refractivity contribution in [2.24, 2.45) is 5.73 Å². The third kappa shape index (κ3) is 3.82. The molecular weight excluding hydrogens is 278 g/mol. The molecule has 1 aromatic rings. The molecule has 116 valence electrons. The molecule has 0 saturated heterocycles. The van der Waals surface area contributed by atoms with Crippen LogP contribution in [0.5, 0.6) is 0 Å². The smallest absolute Gasteiger partial charge is 0.244 e. The standard InChI is InChI=1S/C13H25N3O3S/c1-9(2)16(5)7-6-15-20(17,18)13-11(4)19-10(3)12(13)8-14/h9,15H,6-8,14H2,1-5H3. The number of aryl methyl sites for hydroxylation is 2. The van der Waals surface area contributed by atoms with Crippen molar-refractivity contribution in [1.82, 2.24) is 9.62 Å². The summed E-state index contributed by atoms with van der Waals surface area (Å²) in [7, 11) is -1.63. The van der Waals surface area contributed by atoms with Crippen molar-refractivity contribution in [3.05, 3.63) is 17.1 Å². The van der Waals surface area contributed by atoms with E-state index in [2.05, 4.69) is 23.5 Å². The first-order valence-corrected chi connectivity index (χ1v) is 8.17. The van der Waals surface area contributed by atoms with Crippen molar-refractivity contribution in [2.75, 3.05) is 20.1 Å². The van der Waals surface area contributed by atoms with E-state index in [0.29, 0.717) is 36.2 Å². The van der Waals surface area contributed by atoms with Gasteiger partial charge >= 0.3 is 0 Å². The Morgan fingerprint density at radius 1 is 1.30 bits per heavy atom. The van der Waals surface area contributed by atoms with Crippen LogP contribution in [0.1, 0.15) is 30.9 Å². The van der Waals surface area contributed by atoms with Crippen molar-refractivity contribution >= 4 is 10.0 Å². The third-order valence-corrected chi connectivity index (χ3v) is 5.09. The lowest BCUT2D eigenvalue weighted by atomic mass is 10.2. The molecule has 7 heteroatoms. The van der Waals surface area contributed by atoms with Gasteiger partial charge in [-0.25, -0.2) is 13.1 Å². The molecule has 3 N–H and O–H groups in total. The second-order valence-corrected chi connectivity index (χ2v) is 6.90. The van der Waals surface area contributed by atoms with E-state index < -0.39 is 10.0 Å². The molecule has 0 aliphatic rings. The van der Waals surface area contributed by atoms with Gasteiger partial charge < -0.3 is 15.1 Å². The number of likely N-dealkylation sites (N-methyl/N-ethyl adjacent to an activating group) is 1. The molecule has 0 aliphatic heterocycles. The lowest BCUT2D eigenvalue weighted by Crippen LogP contribution is -2.36. The summed E-state index contributed by atoms with van der Waals surface area (Å²) in [5.74, 6) is 0.942. The van der Waals surface area contributed by atoms with Gasteiger partial charge in [-0.1, -0.05) is 0 Å². The molecule has 0 amide bonds. The highest BCUT2D eigenvalue weighted by molar-refractivity contribution is 7.89. The monoisotopic (exact) mass is 303 g/mol. The van der Waals surface area contributed by atoms with Crippen LogP contribution in [0.4, 0.5) is 0 Å². The molecule has 0 bridgehead atoms. The molecule has 0 aliphatic carbocycles. The van der Waals surface area contributed by atoms with Crippen LogP contribution < -0.4 is 10.5 Å². The van der Waals surface area contributed by atoms with E-state index in [4.69, 9.17) is 10.2 Å². The summed E-state index contributed by atoms with van der Waals surface area (Å²) in [6.45, 7) is 8.62. The number of furan rings is 1. The zero-order chi connectivity index (χ0) is 15.5. The minimum Gasteiger partial charge on any atom is -0.465 e. The molecule has 0 saturated carbocycles. The van der Waals surface area contributed by atoms with Gasteiger partial charge in [0.25, 0.3) is 0 Å². The van der Waals surface area contributed by atoms with Crippen LogP contribution in [0, 0.1) is 13.8 Å². The minimum atomic E-state index is -3.58. The average molecular weight is 303 g/mol. The number of nitrogens with two attached hydrogens (primary N) is 1. The van der Waals surface area contributed by atoms with Crippen LogP contribution in [0.2, 0.25) is 0 Å². The molecule has 0 fully saturated rings. The molecule has 6 nitrogen and oxygen atoms in total. The fourth-order valence-corrected chi connectivity index (χ4v) is 3.46.